The summed E-state index contributed by atoms with van der Waals surface area (Å²) in [6.07, 6.45) is 0. The maximum atomic E-state index is 6.22. The first kappa shape index (κ1) is 17.7. The Hall–Kier alpha value is 0.747. The summed E-state index contributed by atoms with van der Waals surface area (Å²) in [5.41, 5.74) is -0.0964. The molecule has 0 aliphatic carbocycles. The fraction of sp³-hybridized carbons (Fsp3) is 1.00. The third-order valence-corrected chi connectivity index (χ3v) is 7.74. The maximum absolute atomic E-state index is 6.22. The number of rotatable bonds is 4. The number of hydrogen-bond acceptors (Lipinski definition) is 2. The highest BCUT2D eigenvalue weighted by atomic mass is 32.5. The lowest BCUT2D eigenvalue weighted by atomic mass is 10.1. The first-order valence-electron chi connectivity index (χ1n) is 6.02. The van der Waals surface area contributed by atoms with Crippen molar-refractivity contribution in [3.05, 3.63) is 0 Å². The first-order chi connectivity index (χ1) is 7.12. The zero-order valence-corrected chi connectivity index (χ0v) is 15.5. The van der Waals surface area contributed by atoms with Crippen molar-refractivity contribution in [3.8, 4) is 0 Å². The molecule has 0 amide bonds. The van der Waals surface area contributed by atoms with Crippen LogP contribution in [0.2, 0.25) is 19.6 Å². The Kier molecular flexibility index (Phi) is 5.63. The van der Waals surface area contributed by atoms with E-state index in [1.165, 1.54) is 0 Å². The summed E-state index contributed by atoms with van der Waals surface area (Å²) in [6.45, 7) is 17.0. The van der Waals surface area contributed by atoms with Crippen LogP contribution in [-0.4, -0.2) is 19.4 Å². The summed E-state index contributed by atoms with van der Waals surface area (Å²) in [6, 6.07) is 0. The lowest BCUT2D eigenvalue weighted by Gasteiger charge is -2.39. The second kappa shape index (κ2) is 5.39. The zero-order valence-electron chi connectivity index (χ0n) is 12.8. The fourth-order valence-electron chi connectivity index (χ4n) is 1.34. The van der Waals surface area contributed by atoms with E-state index in [0.29, 0.717) is 0 Å². The molecule has 0 unspecified atom stereocenters. The van der Waals surface area contributed by atoms with E-state index in [4.69, 9.17) is 16.0 Å². The van der Waals surface area contributed by atoms with Gasteiger partial charge in [-0.05, 0) is 73.0 Å². The van der Waals surface area contributed by atoms with Crippen LogP contribution in [0.4, 0.5) is 0 Å². The van der Waals surface area contributed by atoms with Gasteiger partial charge < -0.3 is 4.21 Å². The molecule has 6 heteroatoms. The normalized spacial score (nSPS) is 15.1. The third-order valence-electron chi connectivity index (χ3n) is 1.37. The molecule has 17 heavy (non-hydrogen) atoms. The summed E-state index contributed by atoms with van der Waals surface area (Å²) in [5, 5.41) is 6.95. The standard InChI is InChI=1S/C11H29N2OPSSi/c1-10(2,3)12-15(16,13-11(4,5)6)14-17(7,8)9/h1-9H3,(H2,12,13,16). The van der Waals surface area contributed by atoms with Crippen LogP contribution in [0.3, 0.4) is 0 Å². The van der Waals surface area contributed by atoms with Gasteiger partial charge >= 0.3 is 0 Å². The van der Waals surface area contributed by atoms with Gasteiger partial charge in [0.25, 0.3) is 0 Å². The van der Waals surface area contributed by atoms with Gasteiger partial charge in [0, 0.05) is 11.1 Å². The third kappa shape index (κ3) is 10.4. The molecule has 0 aromatic carbocycles. The van der Waals surface area contributed by atoms with E-state index in [0.717, 1.165) is 0 Å². The van der Waals surface area contributed by atoms with Crippen molar-refractivity contribution in [2.24, 2.45) is 0 Å². The molecule has 0 rings (SSSR count). The van der Waals surface area contributed by atoms with Gasteiger partial charge in [-0.3, -0.25) is 10.2 Å². The first-order valence-corrected chi connectivity index (χ1v) is 12.1. The molecule has 104 valence electrons. The van der Waals surface area contributed by atoms with E-state index in [1.54, 1.807) is 0 Å². The van der Waals surface area contributed by atoms with Crippen LogP contribution < -0.4 is 10.2 Å². The van der Waals surface area contributed by atoms with Crippen LogP contribution in [0.1, 0.15) is 41.5 Å². The summed E-state index contributed by atoms with van der Waals surface area (Å²) in [7, 11) is -1.67. The quantitative estimate of drug-likeness (QED) is 0.610. The molecule has 0 saturated carbocycles. The highest BCUT2D eigenvalue weighted by Gasteiger charge is 2.33. The molecule has 0 aliphatic rings. The summed E-state index contributed by atoms with van der Waals surface area (Å²) < 4.78 is 6.22. The average Bonchev–Trinajstić information content (AvgIpc) is 1.65. The van der Waals surface area contributed by atoms with Crippen molar-refractivity contribution < 1.29 is 4.21 Å². The summed E-state index contributed by atoms with van der Waals surface area (Å²) in [5.74, 6) is 0. The van der Waals surface area contributed by atoms with Crippen LogP contribution >= 0.6 is 6.57 Å². The Bertz CT molecular complexity index is 255. The molecule has 0 heterocycles. The topological polar surface area (TPSA) is 33.3 Å². The van der Waals surface area contributed by atoms with Crippen LogP contribution in [0.25, 0.3) is 0 Å². The molecular formula is C11H29N2OPSSi. The van der Waals surface area contributed by atoms with Gasteiger partial charge in [0.2, 0.25) is 0 Å². The predicted octanol–water partition coefficient (Wildman–Crippen LogP) is 3.84. The molecule has 3 nitrogen and oxygen atoms in total. The molecule has 0 aliphatic heterocycles. The van der Waals surface area contributed by atoms with Crippen molar-refractivity contribution in [2.75, 3.05) is 0 Å². The SMILES string of the molecule is CC(C)(C)NP(=S)(NC(C)(C)C)O[Si](C)(C)C. The van der Waals surface area contributed by atoms with E-state index in [9.17, 15) is 0 Å². The van der Waals surface area contributed by atoms with Crippen molar-refractivity contribution in [3.63, 3.8) is 0 Å². The highest BCUT2D eigenvalue weighted by Crippen LogP contribution is 2.45. The van der Waals surface area contributed by atoms with Gasteiger partial charge in [-0.2, -0.15) is 0 Å². The van der Waals surface area contributed by atoms with E-state index in [-0.39, 0.29) is 11.1 Å². The summed E-state index contributed by atoms with van der Waals surface area (Å²) in [4.78, 5) is 0. The molecule has 0 atom stereocenters. The minimum atomic E-state index is -2.19. The molecule has 0 fully saturated rings. The highest BCUT2D eigenvalue weighted by molar-refractivity contribution is 8.10. The lowest BCUT2D eigenvalue weighted by Crippen LogP contribution is -2.46. The molecule has 0 saturated heterocycles. The second-order valence-electron chi connectivity index (χ2n) is 7.48. The van der Waals surface area contributed by atoms with Crippen LogP contribution in [0.15, 0.2) is 0 Å². The molecule has 0 spiro atoms. The largest absolute Gasteiger partial charge is 0.369 e. The van der Waals surface area contributed by atoms with Crippen molar-refractivity contribution in [2.45, 2.75) is 72.3 Å². The van der Waals surface area contributed by atoms with Crippen molar-refractivity contribution in [1.29, 1.82) is 0 Å². The molecule has 0 aromatic heterocycles. The van der Waals surface area contributed by atoms with Crippen LogP contribution in [-0.2, 0) is 16.0 Å². The van der Waals surface area contributed by atoms with Gasteiger partial charge in [-0.15, -0.1) is 0 Å². The van der Waals surface area contributed by atoms with Crippen LogP contribution in [0.5, 0.6) is 0 Å². The van der Waals surface area contributed by atoms with Gasteiger partial charge in [-0.25, -0.2) is 0 Å². The molecular weight excluding hydrogens is 267 g/mol. The Labute approximate surface area is 113 Å². The molecule has 2 N–H and O–H groups in total. The van der Waals surface area contributed by atoms with E-state index in [2.05, 4.69) is 71.4 Å². The summed E-state index contributed by atoms with van der Waals surface area (Å²) >= 11 is 5.75. The van der Waals surface area contributed by atoms with E-state index < -0.39 is 14.9 Å². The zero-order chi connectivity index (χ0) is 14.1. The van der Waals surface area contributed by atoms with Crippen molar-refractivity contribution >= 4 is 26.7 Å². The Morgan fingerprint density at radius 1 is 0.882 bits per heavy atom. The van der Waals surface area contributed by atoms with E-state index in [1.807, 2.05) is 0 Å². The fourth-order valence-corrected chi connectivity index (χ4v) is 10.3. The van der Waals surface area contributed by atoms with E-state index >= 15 is 0 Å². The maximum Gasteiger partial charge on any atom is 0.192 e. The number of nitrogens with one attached hydrogen (secondary N) is 2. The predicted molar refractivity (Wildman–Crippen MR) is 84.5 cm³/mol. The van der Waals surface area contributed by atoms with Gasteiger partial charge in [-0.1, -0.05) is 0 Å². The lowest BCUT2D eigenvalue weighted by molar-refractivity contribution is 0.447. The van der Waals surface area contributed by atoms with Crippen molar-refractivity contribution in [1.82, 2.24) is 10.2 Å². The Balaban J connectivity index is 5.03. The number of hydrogen-bond donors (Lipinski definition) is 2. The monoisotopic (exact) mass is 296 g/mol. The Morgan fingerprint density at radius 2 is 1.18 bits per heavy atom. The minimum Gasteiger partial charge on any atom is -0.369 e. The van der Waals surface area contributed by atoms with Gasteiger partial charge in [0.15, 0.2) is 14.9 Å². The second-order valence-corrected chi connectivity index (χ2v) is 15.5. The average molecular weight is 296 g/mol. The molecule has 0 radical (unpaired) electrons. The minimum absolute atomic E-state index is 0.0482. The molecule has 0 aromatic rings. The smallest absolute Gasteiger partial charge is 0.192 e. The van der Waals surface area contributed by atoms with Gasteiger partial charge in [0.1, 0.15) is 0 Å². The van der Waals surface area contributed by atoms with Gasteiger partial charge in [0.05, 0.1) is 0 Å². The van der Waals surface area contributed by atoms with Crippen LogP contribution in [0, 0.1) is 0 Å². The Morgan fingerprint density at radius 3 is 1.35 bits per heavy atom. The molecule has 0 bridgehead atoms.